The first-order valence-electron chi connectivity index (χ1n) is 7.89. The van der Waals surface area contributed by atoms with Gasteiger partial charge in [-0.15, -0.1) is 0 Å². The van der Waals surface area contributed by atoms with Gasteiger partial charge < -0.3 is 19.3 Å². The molecule has 1 aliphatic rings. The van der Waals surface area contributed by atoms with Crippen LogP contribution in [-0.2, 0) is 4.79 Å². The molecule has 2 amide bonds. The van der Waals surface area contributed by atoms with Crippen molar-refractivity contribution in [3.05, 3.63) is 23.8 Å². The molecule has 1 aliphatic heterocycles. The molecule has 0 spiro atoms. The molecule has 0 unspecified atom stereocenters. The number of carbonyl (C=O) groups excluding carboxylic acids is 2. The van der Waals surface area contributed by atoms with Crippen LogP contribution in [0.5, 0.6) is 11.5 Å². The van der Waals surface area contributed by atoms with Crippen LogP contribution in [0, 0.1) is 0 Å². The van der Waals surface area contributed by atoms with Gasteiger partial charge in [-0.25, -0.2) is 0 Å². The lowest BCUT2D eigenvalue weighted by Crippen LogP contribution is -2.37. The maximum Gasteiger partial charge on any atom is 0.254 e. The molecule has 0 atom stereocenters. The summed E-state index contributed by atoms with van der Waals surface area (Å²) in [6.07, 6.45) is 1.29. The smallest absolute Gasteiger partial charge is 0.254 e. The fraction of sp³-hybridized carbons (Fsp3) is 0.529. The first-order valence-corrected chi connectivity index (χ1v) is 7.89. The van der Waals surface area contributed by atoms with Gasteiger partial charge in [0, 0.05) is 44.2 Å². The van der Waals surface area contributed by atoms with E-state index in [0.29, 0.717) is 49.7 Å². The zero-order valence-corrected chi connectivity index (χ0v) is 14.0. The second-order valence-electron chi connectivity index (χ2n) is 5.48. The van der Waals surface area contributed by atoms with E-state index in [1.165, 1.54) is 0 Å². The molecule has 6 heteroatoms. The predicted molar refractivity (Wildman–Crippen MR) is 86.9 cm³/mol. The quantitative estimate of drug-likeness (QED) is 0.848. The zero-order chi connectivity index (χ0) is 16.8. The number of benzene rings is 1. The molecule has 6 nitrogen and oxygen atoms in total. The van der Waals surface area contributed by atoms with Crippen LogP contribution in [0.4, 0.5) is 0 Å². The third kappa shape index (κ3) is 4.15. The molecular weight excluding hydrogens is 296 g/mol. The van der Waals surface area contributed by atoms with E-state index in [-0.39, 0.29) is 11.8 Å². The van der Waals surface area contributed by atoms with Gasteiger partial charge in [0.2, 0.25) is 5.91 Å². The number of amides is 2. The van der Waals surface area contributed by atoms with E-state index in [4.69, 9.17) is 9.47 Å². The van der Waals surface area contributed by atoms with Crippen molar-refractivity contribution in [1.29, 1.82) is 0 Å². The standard InChI is InChI=1S/C17H24N2O4/c1-4-16(20)18-6-5-7-19(9-8-18)17(21)13-10-14(22-2)12-15(11-13)23-3/h10-12H,4-9H2,1-3H3. The summed E-state index contributed by atoms with van der Waals surface area (Å²) in [5.41, 5.74) is 0.538. The number of rotatable bonds is 4. The highest BCUT2D eigenvalue weighted by atomic mass is 16.5. The van der Waals surface area contributed by atoms with Crippen LogP contribution in [0.3, 0.4) is 0 Å². The van der Waals surface area contributed by atoms with Crippen LogP contribution in [0.2, 0.25) is 0 Å². The van der Waals surface area contributed by atoms with E-state index in [1.807, 2.05) is 11.8 Å². The highest BCUT2D eigenvalue weighted by Crippen LogP contribution is 2.23. The molecule has 0 aliphatic carbocycles. The third-order valence-corrected chi connectivity index (χ3v) is 4.04. The topological polar surface area (TPSA) is 59.1 Å². The lowest BCUT2D eigenvalue weighted by Gasteiger charge is -2.22. The molecule has 1 aromatic carbocycles. The predicted octanol–water partition coefficient (Wildman–Crippen LogP) is 1.79. The first kappa shape index (κ1) is 17.1. The van der Waals surface area contributed by atoms with Crippen LogP contribution in [0.1, 0.15) is 30.1 Å². The van der Waals surface area contributed by atoms with Crippen LogP contribution >= 0.6 is 0 Å². The van der Waals surface area contributed by atoms with Gasteiger partial charge in [0.05, 0.1) is 14.2 Å². The Morgan fingerprint density at radius 2 is 1.52 bits per heavy atom. The van der Waals surface area contributed by atoms with Crippen molar-refractivity contribution in [2.24, 2.45) is 0 Å². The van der Waals surface area contributed by atoms with Gasteiger partial charge in [-0.05, 0) is 18.6 Å². The molecule has 1 aromatic rings. The van der Waals surface area contributed by atoms with Gasteiger partial charge in [-0.1, -0.05) is 6.92 Å². The molecule has 2 rings (SSSR count). The molecular formula is C17H24N2O4. The second-order valence-corrected chi connectivity index (χ2v) is 5.48. The van der Waals surface area contributed by atoms with Crippen molar-refractivity contribution in [1.82, 2.24) is 9.80 Å². The molecule has 0 saturated carbocycles. The Bertz CT molecular complexity index is 551. The van der Waals surface area contributed by atoms with E-state index in [0.717, 1.165) is 6.42 Å². The number of ether oxygens (including phenoxy) is 2. The van der Waals surface area contributed by atoms with Crippen LogP contribution < -0.4 is 9.47 Å². The van der Waals surface area contributed by atoms with Crippen molar-refractivity contribution >= 4 is 11.8 Å². The van der Waals surface area contributed by atoms with E-state index >= 15 is 0 Å². The Balaban J connectivity index is 2.12. The number of carbonyl (C=O) groups is 2. The number of nitrogens with zero attached hydrogens (tertiary/aromatic N) is 2. The van der Waals surface area contributed by atoms with Crippen molar-refractivity contribution < 1.29 is 19.1 Å². The largest absolute Gasteiger partial charge is 0.497 e. The summed E-state index contributed by atoms with van der Waals surface area (Å²) in [5.74, 6) is 1.26. The Labute approximate surface area is 137 Å². The third-order valence-electron chi connectivity index (χ3n) is 4.04. The van der Waals surface area contributed by atoms with Crippen LogP contribution in [0.25, 0.3) is 0 Å². The van der Waals surface area contributed by atoms with Gasteiger partial charge in [0.15, 0.2) is 0 Å². The molecule has 0 radical (unpaired) electrons. The summed E-state index contributed by atoms with van der Waals surface area (Å²) in [7, 11) is 3.12. The number of methoxy groups -OCH3 is 2. The maximum atomic E-state index is 12.7. The van der Waals surface area contributed by atoms with Gasteiger partial charge in [0.1, 0.15) is 11.5 Å². The minimum absolute atomic E-state index is 0.0620. The Morgan fingerprint density at radius 1 is 0.957 bits per heavy atom. The Hall–Kier alpha value is -2.24. The fourth-order valence-electron chi connectivity index (χ4n) is 2.71. The summed E-state index contributed by atoms with van der Waals surface area (Å²) >= 11 is 0. The minimum atomic E-state index is -0.0620. The van der Waals surface area contributed by atoms with Gasteiger partial charge in [-0.2, -0.15) is 0 Å². The summed E-state index contributed by atoms with van der Waals surface area (Å²) in [6, 6.07) is 5.16. The highest BCUT2D eigenvalue weighted by molar-refractivity contribution is 5.95. The van der Waals surface area contributed by atoms with Crippen molar-refractivity contribution in [2.45, 2.75) is 19.8 Å². The fourth-order valence-corrected chi connectivity index (χ4v) is 2.71. The molecule has 1 saturated heterocycles. The van der Waals surface area contributed by atoms with Crippen molar-refractivity contribution in [3.8, 4) is 11.5 Å². The normalized spacial score (nSPS) is 15.1. The molecule has 1 fully saturated rings. The monoisotopic (exact) mass is 320 g/mol. The Kier molecular flexibility index (Phi) is 5.84. The molecule has 0 aromatic heterocycles. The molecule has 0 bridgehead atoms. The lowest BCUT2D eigenvalue weighted by atomic mass is 10.1. The van der Waals surface area contributed by atoms with E-state index in [2.05, 4.69) is 0 Å². The minimum Gasteiger partial charge on any atom is -0.497 e. The molecule has 23 heavy (non-hydrogen) atoms. The highest BCUT2D eigenvalue weighted by Gasteiger charge is 2.22. The molecule has 0 N–H and O–H groups in total. The van der Waals surface area contributed by atoms with Crippen molar-refractivity contribution in [2.75, 3.05) is 40.4 Å². The summed E-state index contributed by atoms with van der Waals surface area (Å²) in [6.45, 7) is 4.34. The Morgan fingerprint density at radius 3 is 2.09 bits per heavy atom. The SMILES string of the molecule is CCC(=O)N1CCCN(C(=O)c2cc(OC)cc(OC)c2)CC1. The number of hydrogen-bond acceptors (Lipinski definition) is 4. The van der Waals surface area contributed by atoms with E-state index in [1.54, 1.807) is 37.3 Å². The first-order chi connectivity index (χ1) is 11.1. The number of hydrogen-bond donors (Lipinski definition) is 0. The molecule has 126 valence electrons. The average molecular weight is 320 g/mol. The van der Waals surface area contributed by atoms with E-state index < -0.39 is 0 Å². The zero-order valence-electron chi connectivity index (χ0n) is 14.0. The average Bonchev–Trinajstić information content (AvgIpc) is 2.85. The van der Waals surface area contributed by atoms with Gasteiger partial charge in [-0.3, -0.25) is 9.59 Å². The van der Waals surface area contributed by atoms with Gasteiger partial charge in [0.25, 0.3) is 5.91 Å². The van der Waals surface area contributed by atoms with Crippen molar-refractivity contribution in [3.63, 3.8) is 0 Å². The lowest BCUT2D eigenvalue weighted by molar-refractivity contribution is -0.130. The summed E-state index contributed by atoms with van der Waals surface area (Å²) in [5, 5.41) is 0. The van der Waals surface area contributed by atoms with E-state index in [9.17, 15) is 9.59 Å². The van der Waals surface area contributed by atoms with Crippen LogP contribution in [-0.4, -0.2) is 62.0 Å². The molecule has 1 heterocycles. The van der Waals surface area contributed by atoms with Gasteiger partial charge >= 0.3 is 0 Å². The van der Waals surface area contributed by atoms with Crippen LogP contribution in [0.15, 0.2) is 18.2 Å². The maximum absolute atomic E-state index is 12.7. The summed E-state index contributed by atoms with van der Waals surface area (Å²) < 4.78 is 10.4. The summed E-state index contributed by atoms with van der Waals surface area (Å²) in [4.78, 5) is 28.2. The second kappa shape index (κ2) is 7.85.